The Morgan fingerprint density at radius 1 is 1.16 bits per heavy atom. The number of nitrogens with one attached hydrogen (secondary N) is 1. The minimum Gasteiger partial charge on any atom is -0.355 e. The molecule has 1 aromatic carbocycles. The number of hydrogen-bond donors (Lipinski definition) is 1. The van der Waals surface area contributed by atoms with Crippen molar-refractivity contribution in [1.82, 2.24) is 15.1 Å². The van der Waals surface area contributed by atoms with Crippen LogP contribution in [-0.4, -0.2) is 54.3 Å². The van der Waals surface area contributed by atoms with Crippen molar-refractivity contribution in [3.05, 3.63) is 57.8 Å². The van der Waals surface area contributed by atoms with Crippen molar-refractivity contribution in [2.24, 2.45) is 5.92 Å². The first-order valence-electron chi connectivity index (χ1n) is 11.4. The number of rotatable bonds is 10. The van der Waals surface area contributed by atoms with Crippen LogP contribution in [0.15, 0.2) is 41.8 Å². The Balaban J connectivity index is 1.89. The van der Waals surface area contributed by atoms with E-state index in [0.717, 1.165) is 36.5 Å². The lowest BCUT2D eigenvalue weighted by atomic mass is 9.81. The number of nitrogens with zero attached hydrogens (tertiary/aromatic N) is 2. The molecule has 0 saturated heterocycles. The summed E-state index contributed by atoms with van der Waals surface area (Å²) in [5.74, 6) is -0.0610. The summed E-state index contributed by atoms with van der Waals surface area (Å²) in [6.07, 6.45) is 0.917. The molecule has 1 aliphatic rings. The van der Waals surface area contributed by atoms with Crippen LogP contribution < -0.4 is 5.32 Å². The quantitative estimate of drug-likeness (QED) is 0.551. The molecule has 2 atom stereocenters. The molecule has 1 aliphatic heterocycles. The summed E-state index contributed by atoms with van der Waals surface area (Å²) in [4.78, 5) is 32.3. The average molecular weight is 442 g/mol. The van der Waals surface area contributed by atoms with Crippen molar-refractivity contribution in [2.45, 2.75) is 46.1 Å². The maximum Gasteiger partial charge on any atom is 0.254 e. The summed E-state index contributed by atoms with van der Waals surface area (Å²) >= 11 is 1.62. The SMILES string of the molecule is CCN(CC)CCCNC(=O)[C@H]1c2ccccc2C(=O)N(CC(C)C)[C@H]1c1cccs1. The van der Waals surface area contributed by atoms with E-state index in [9.17, 15) is 9.59 Å². The van der Waals surface area contributed by atoms with E-state index >= 15 is 0 Å². The smallest absolute Gasteiger partial charge is 0.254 e. The molecule has 3 rings (SSSR count). The second kappa shape index (κ2) is 10.9. The van der Waals surface area contributed by atoms with Gasteiger partial charge in [-0.3, -0.25) is 9.59 Å². The highest BCUT2D eigenvalue weighted by Crippen LogP contribution is 2.44. The van der Waals surface area contributed by atoms with Crippen LogP contribution in [0.1, 0.15) is 66.9 Å². The van der Waals surface area contributed by atoms with Gasteiger partial charge in [0.25, 0.3) is 5.91 Å². The molecule has 5 nitrogen and oxygen atoms in total. The van der Waals surface area contributed by atoms with E-state index in [4.69, 9.17) is 0 Å². The Kier molecular flexibility index (Phi) is 8.27. The Hall–Kier alpha value is -2.18. The van der Waals surface area contributed by atoms with E-state index in [2.05, 4.69) is 37.9 Å². The van der Waals surface area contributed by atoms with Crippen molar-refractivity contribution in [3.8, 4) is 0 Å². The van der Waals surface area contributed by atoms with Crippen molar-refractivity contribution >= 4 is 23.2 Å². The molecule has 0 bridgehead atoms. The number of fused-ring (bicyclic) bond motifs is 1. The standard InChI is InChI=1S/C25H35N3O2S/c1-5-27(6-2)15-10-14-26-24(29)22-19-11-7-8-12-20(19)25(30)28(17-18(3)4)23(22)21-13-9-16-31-21/h7-9,11-13,16,18,22-23H,5-6,10,14-15,17H2,1-4H3,(H,26,29)/t22-,23-/m0/s1. The lowest BCUT2D eigenvalue weighted by Crippen LogP contribution is -2.48. The van der Waals surface area contributed by atoms with Gasteiger partial charge < -0.3 is 15.1 Å². The van der Waals surface area contributed by atoms with Crippen LogP contribution in [0.25, 0.3) is 0 Å². The molecular weight excluding hydrogens is 406 g/mol. The van der Waals surface area contributed by atoms with E-state index in [1.165, 1.54) is 0 Å². The van der Waals surface area contributed by atoms with Gasteiger partial charge in [0, 0.05) is 23.5 Å². The van der Waals surface area contributed by atoms with Crippen LogP contribution in [0.3, 0.4) is 0 Å². The van der Waals surface area contributed by atoms with E-state index in [0.29, 0.717) is 24.6 Å². The minimum atomic E-state index is -0.403. The largest absolute Gasteiger partial charge is 0.355 e. The monoisotopic (exact) mass is 441 g/mol. The van der Waals surface area contributed by atoms with Crippen LogP contribution in [0.5, 0.6) is 0 Å². The molecule has 2 aromatic rings. The molecule has 0 unspecified atom stereocenters. The number of amides is 2. The van der Waals surface area contributed by atoms with Gasteiger partial charge in [0.2, 0.25) is 5.91 Å². The lowest BCUT2D eigenvalue weighted by molar-refractivity contribution is -0.124. The predicted molar refractivity (Wildman–Crippen MR) is 128 cm³/mol. The predicted octanol–water partition coefficient (Wildman–Crippen LogP) is 4.53. The fourth-order valence-corrected chi connectivity index (χ4v) is 5.28. The highest BCUT2D eigenvalue weighted by molar-refractivity contribution is 7.10. The lowest BCUT2D eigenvalue weighted by Gasteiger charge is -2.42. The third-order valence-corrected chi connectivity index (χ3v) is 6.91. The fourth-order valence-electron chi connectivity index (χ4n) is 4.41. The zero-order valence-corrected chi connectivity index (χ0v) is 20.0. The van der Waals surface area contributed by atoms with Gasteiger partial charge in [-0.1, -0.05) is 52.0 Å². The van der Waals surface area contributed by atoms with Crippen molar-refractivity contribution < 1.29 is 9.59 Å². The van der Waals surface area contributed by atoms with E-state index < -0.39 is 5.92 Å². The summed E-state index contributed by atoms with van der Waals surface area (Å²) in [6.45, 7) is 12.8. The Morgan fingerprint density at radius 3 is 2.55 bits per heavy atom. The van der Waals surface area contributed by atoms with E-state index in [1.54, 1.807) is 11.3 Å². The molecule has 168 valence electrons. The molecule has 0 spiro atoms. The van der Waals surface area contributed by atoms with E-state index in [-0.39, 0.29) is 17.9 Å². The van der Waals surface area contributed by atoms with E-state index in [1.807, 2.05) is 46.7 Å². The molecule has 1 N–H and O–H groups in total. The summed E-state index contributed by atoms with van der Waals surface area (Å²) in [6, 6.07) is 11.4. The topological polar surface area (TPSA) is 52.7 Å². The molecule has 0 fully saturated rings. The molecular formula is C25H35N3O2S. The van der Waals surface area contributed by atoms with Crippen molar-refractivity contribution in [2.75, 3.05) is 32.7 Å². The second-order valence-corrected chi connectivity index (χ2v) is 9.53. The van der Waals surface area contributed by atoms with Crippen LogP contribution >= 0.6 is 11.3 Å². The van der Waals surface area contributed by atoms with Crippen LogP contribution in [0.4, 0.5) is 0 Å². The summed E-state index contributed by atoms with van der Waals surface area (Å²) < 4.78 is 0. The Labute approximate surface area is 190 Å². The minimum absolute atomic E-state index is 0.00616. The molecule has 31 heavy (non-hydrogen) atoms. The maximum absolute atomic E-state index is 13.5. The fraction of sp³-hybridized carbons (Fsp3) is 0.520. The third kappa shape index (κ3) is 5.36. The van der Waals surface area contributed by atoms with Gasteiger partial charge in [-0.2, -0.15) is 0 Å². The Morgan fingerprint density at radius 2 is 1.90 bits per heavy atom. The van der Waals surface area contributed by atoms with Crippen molar-refractivity contribution in [1.29, 1.82) is 0 Å². The molecule has 0 radical (unpaired) electrons. The first-order chi connectivity index (χ1) is 15.0. The molecule has 0 aliphatic carbocycles. The molecule has 2 heterocycles. The van der Waals surface area contributed by atoms with Gasteiger partial charge in [0.05, 0.1) is 12.0 Å². The third-order valence-electron chi connectivity index (χ3n) is 5.96. The number of carbonyl (C=O) groups excluding carboxylic acids is 2. The first kappa shape index (κ1) is 23.5. The number of benzene rings is 1. The molecule has 1 aromatic heterocycles. The normalized spacial score (nSPS) is 18.5. The van der Waals surface area contributed by atoms with Crippen LogP contribution in [-0.2, 0) is 4.79 Å². The second-order valence-electron chi connectivity index (χ2n) is 8.55. The molecule has 6 heteroatoms. The summed E-state index contributed by atoms with van der Waals surface area (Å²) in [7, 11) is 0. The van der Waals surface area contributed by atoms with Crippen molar-refractivity contribution in [3.63, 3.8) is 0 Å². The van der Waals surface area contributed by atoms with Gasteiger partial charge in [-0.05, 0) is 55.0 Å². The first-order valence-corrected chi connectivity index (χ1v) is 12.3. The van der Waals surface area contributed by atoms with Gasteiger partial charge in [0.1, 0.15) is 0 Å². The maximum atomic E-state index is 13.5. The Bertz CT molecular complexity index is 861. The zero-order chi connectivity index (χ0) is 22.4. The molecule has 0 saturated carbocycles. The van der Waals surface area contributed by atoms with Crippen LogP contribution in [0.2, 0.25) is 0 Å². The van der Waals surface area contributed by atoms with Gasteiger partial charge in [-0.25, -0.2) is 0 Å². The van der Waals surface area contributed by atoms with Crippen LogP contribution in [0, 0.1) is 5.92 Å². The zero-order valence-electron chi connectivity index (χ0n) is 19.1. The number of carbonyl (C=O) groups is 2. The van der Waals surface area contributed by atoms with Gasteiger partial charge in [-0.15, -0.1) is 11.3 Å². The molecule has 2 amide bonds. The number of thiophene rings is 1. The average Bonchev–Trinajstić information content (AvgIpc) is 3.29. The highest BCUT2D eigenvalue weighted by Gasteiger charge is 2.44. The summed E-state index contributed by atoms with van der Waals surface area (Å²) in [5.41, 5.74) is 1.49. The number of hydrogen-bond acceptors (Lipinski definition) is 4. The summed E-state index contributed by atoms with van der Waals surface area (Å²) in [5, 5.41) is 5.20. The van der Waals surface area contributed by atoms with Gasteiger partial charge in [0.15, 0.2) is 0 Å². The highest BCUT2D eigenvalue weighted by atomic mass is 32.1. The van der Waals surface area contributed by atoms with Gasteiger partial charge >= 0.3 is 0 Å².